The van der Waals surface area contributed by atoms with Crippen LogP contribution in [0.3, 0.4) is 0 Å². The molecule has 0 bridgehead atoms. The summed E-state index contributed by atoms with van der Waals surface area (Å²) in [6.07, 6.45) is 4.86. The molecular weight excluding hydrogens is 400 g/mol. The van der Waals surface area contributed by atoms with Crippen LogP contribution in [0.1, 0.15) is 75.0 Å². The van der Waals surface area contributed by atoms with Crippen LogP contribution in [0.25, 0.3) is 0 Å². The summed E-state index contributed by atoms with van der Waals surface area (Å²) in [5, 5.41) is 27.9. The molecule has 1 aromatic carbocycles. The molecule has 0 saturated heterocycles. The molecular formula is C24H38O7. The highest BCUT2D eigenvalue weighted by Gasteiger charge is 2.30. The van der Waals surface area contributed by atoms with Gasteiger partial charge in [-0.2, -0.15) is 0 Å². The molecule has 0 amide bonds. The zero-order valence-electron chi connectivity index (χ0n) is 19.1. The molecule has 0 aliphatic carbocycles. The Morgan fingerprint density at radius 3 is 1.77 bits per heavy atom. The monoisotopic (exact) mass is 438 g/mol. The average Bonchev–Trinajstić information content (AvgIpc) is 2.73. The predicted octanol–water partition coefficient (Wildman–Crippen LogP) is 3.36. The zero-order chi connectivity index (χ0) is 23.3. The molecule has 0 atom stereocenters. The van der Waals surface area contributed by atoms with E-state index in [1.165, 1.54) is 6.92 Å². The Balaban J connectivity index is 2.84. The van der Waals surface area contributed by atoms with Crippen molar-refractivity contribution in [2.75, 3.05) is 19.8 Å². The van der Waals surface area contributed by atoms with Crippen molar-refractivity contribution in [1.29, 1.82) is 0 Å². The minimum Gasteiger partial charge on any atom is -0.461 e. The van der Waals surface area contributed by atoms with Gasteiger partial charge in [0.2, 0.25) is 0 Å². The number of hydrogen-bond donors (Lipinski definition) is 3. The van der Waals surface area contributed by atoms with E-state index in [4.69, 9.17) is 9.47 Å². The minimum absolute atomic E-state index is 0.0720. The van der Waals surface area contributed by atoms with Crippen molar-refractivity contribution in [3.05, 3.63) is 28.8 Å². The van der Waals surface area contributed by atoms with Gasteiger partial charge in [-0.3, -0.25) is 9.59 Å². The smallest absolute Gasteiger partial charge is 0.311 e. The van der Waals surface area contributed by atoms with Gasteiger partial charge in [-0.15, -0.1) is 0 Å². The summed E-state index contributed by atoms with van der Waals surface area (Å²) in [6.45, 7) is 5.45. The molecule has 0 fully saturated rings. The van der Waals surface area contributed by atoms with Crippen molar-refractivity contribution < 1.29 is 34.4 Å². The maximum atomic E-state index is 12.6. The van der Waals surface area contributed by atoms with Crippen molar-refractivity contribution in [1.82, 2.24) is 0 Å². The normalized spacial score (nSPS) is 11.4. The number of aryl methyl sites for hydroxylation is 2. The van der Waals surface area contributed by atoms with Gasteiger partial charge in [-0.25, -0.2) is 0 Å². The second-order valence-electron chi connectivity index (χ2n) is 8.29. The molecule has 7 nitrogen and oxygen atoms in total. The summed E-state index contributed by atoms with van der Waals surface area (Å²) in [5.41, 5.74) is 2.21. The molecule has 3 N–H and O–H groups in total. The number of benzene rings is 1. The predicted molar refractivity (Wildman–Crippen MR) is 118 cm³/mol. The number of ether oxygens (including phenoxy) is 2. The molecule has 0 radical (unpaired) electrons. The van der Waals surface area contributed by atoms with Crippen LogP contribution in [-0.2, 0) is 20.9 Å². The molecule has 0 aliphatic rings. The van der Waals surface area contributed by atoms with Gasteiger partial charge < -0.3 is 24.8 Å². The average molecular weight is 439 g/mol. The lowest BCUT2D eigenvalue weighted by Crippen LogP contribution is -2.25. The van der Waals surface area contributed by atoms with E-state index >= 15 is 0 Å². The van der Waals surface area contributed by atoms with Crippen LogP contribution in [-0.4, -0.2) is 47.1 Å². The Morgan fingerprint density at radius 1 is 0.871 bits per heavy atom. The number of aliphatic hydroxyl groups is 3. The first kappa shape index (κ1) is 27.1. The van der Waals surface area contributed by atoms with Gasteiger partial charge in [0.05, 0.1) is 0 Å². The maximum Gasteiger partial charge on any atom is 0.311 e. The van der Waals surface area contributed by atoms with Crippen LogP contribution in [0.2, 0.25) is 0 Å². The van der Waals surface area contributed by atoms with Gasteiger partial charge in [0.25, 0.3) is 0 Å². The van der Waals surface area contributed by atoms with E-state index in [1.807, 2.05) is 26.0 Å². The van der Waals surface area contributed by atoms with E-state index < -0.39 is 0 Å². The lowest BCUT2D eigenvalue weighted by Gasteiger charge is -2.34. The lowest BCUT2D eigenvalue weighted by atomic mass is 9.72. The van der Waals surface area contributed by atoms with E-state index in [1.54, 1.807) is 0 Å². The SMILES string of the molecule is CC(=O)OCc1cc(C)c(OC(=O)CCC(CCCO)(CCCO)CCCO)c(C)c1. The second kappa shape index (κ2) is 14.2. The van der Waals surface area contributed by atoms with Crippen molar-refractivity contribution in [2.45, 2.75) is 78.7 Å². The molecule has 0 spiro atoms. The van der Waals surface area contributed by atoms with Crippen molar-refractivity contribution >= 4 is 11.9 Å². The molecule has 31 heavy (non-hydrogen) atoms. The van der Waals surface area contributed by atoms with Crippen LogP contribution in [0.4, 0.5) is 0 Å². The number of aliphatic hydroxyl groups excluding tert-OH is 3. The largest absolute Gasteiger partial charge is 0.461 e. The summed E-state index contributed by atoms with van der Waals surface area (Å²) in [6, 6.07) is 3.68. The highest BCUT2D eigenvalue weighted by atomic mass is 16.5. The number of esters is 2. The van der Waals surface area contributed by atoms with Crippen molar-refractivity contribution in [2.24, 2.45) is 5.41 Å². The fraction of sp³-hybridized carbons (Fsp3) is 0.667. The van der Waals surface area contributed by atoms with Gasteiger partial charge >= 0.3 is 11.9 Å². The lowest BCUT2D eigenvalue weighted by molar-refractivity contribution is -0.142. The molecule has 0 aliphatic heterocycles. The fourth-order valence-electron chi connectivity index (χ4n) is 4.11. The second-order valence-corrected chi connectivity index (χ2v) is 8.29. The Kier molecular flexibility index (Phi) is 12.4. The van der Waals surface area contributed by atoms with E-state index in [-0.39, 0.29) is 50.2 Å². The van der Waals surface area contributed by atoms with Crippen LogP contribution in [0.5, 0.6) is 5.75 Å². The van der Waals surface area contributed by atoms with Gasteiger partial charge in [0.15, 0.2) is 0 Å². The van der Waals surface area contributed by atoms with Gasteiger partial charge in [-0.05, 0) is 93.0 Å². The first-order valence-electron chi connectivity index (χ1n) is 11.0. The minimum atomic E-state index is -0.349. The van der Waals surface area contributed by atoms with E-state index in [9.17, 15) is 24.9 Å². The fourth-order valence-corrected chi connectivity index (χ4v) is 4.11. The number of carbonyl (C=O) groups excluding carboxylic acids is 2. The number of rotatable bonds is 15. The summed E-state index contributed by atoms with van der Waals surface area (Å²) >= 11 is 0. The zero-order valence-corrected chi connectivity index (χ0v) is 19.1. The third-order valence-corrected chi connectivity index (χ3v) is 5.63. The molecule has 176 valence electrons. The third-order valence-electron chi connectivity index (χ3n) is 5.63. The van der Waals surface area contributed by atoms with Crippen LogP contribution in [0, 0.1) is 19.3 Å². The van der Waals surface area contributed by atoms with Crippen LogP contribution in [0.15, 0.2) is 12.1 Å². The van der Waals surface area contributed by atoms with Crippen molar-refractivity contribution in [3.63, 3.8) is 0 Å². The molecule has 0 aromatic heterocycles. The summed E-state index contributed by atoms with van der Waals surface area (Å²) < 4.78 is 10.7. The Labute approximate surface area is 185 Å². The molecule has 7 heteroatoms. The van der Waals surface area contributed by atoms with Crippen LogP contribution < -0.4 is 4.74 Å². The van der Waals surface area contributed by atoms with Gasteiger partial charge in [0.1, 0.15) is 12.4 Å². The Bertz CT molecular complexity index is 654. The van der Waals surface area contributed by atoms with E-state index in [0.717, 1.165) is 36.0 Å². The summed E-state index contributed by atoms with van der Waals surface area (Å²) in [5.74, 6) is -0.165. The Morgan fingerprint density at radius 2 is 1.35 bits per heavy atom. The standard InChI is InChI=1S/C24H38O7/c1-18-15-21(17-30-20(3)28)16-19(2)23(18)31-22(29)7-11-24(8-4-12-25,9-5-13-26)10-6-14-27/h15-16,25-27H,4-14,17H2,1-3H3. The van der Waals surface area contributed by atoms with E-state index in [0.29, 0.717) is 31.4 Å². The first-order chi connectivity index (χ1) is 14.8. The maximum absolute atomic E-state index is 12.6. The Hall–Kier alpha value is -1.96. The summed E-state index contributed by atoms with van der Waals surface area (Å²) in [7, 11) is 0. The van der Waals surface area contributed by atoms with Crippen LogP contribution >= 0.6 is 0 Å². The van der Waals surface area contributed by atoms with Gasteiger partial charge in [0, 0.05) is 33.2 Å². The van der Waals surface area contributed by atoms with Gasteiger partial charge in [-0.1, -0.05) is 0 Å². The topological polar surface area (TPSA) is 113 Å². The summed E-state index contributed by atoms with van der Waals surface area (Å²) in [4.78, 5) is 23.7. The first-order valence-corrected chi connectivity index (χ1v) is 11.0. The molecule has 0 saturated carbocycles. The van der Waals surface area contributed by atoms with E-state index in [2.05, 4.69) is 0 Å². The molecule has 1 rings (SSSR count). The quantitative estimate of drug-likeness (QED) is 0.284. The molecule has 0 unspecified atom stereocenters. The molecule has 1 aromatic rings. The highest BCUT2D eigenvalue weighted by Crippen LogP contribution is 2.40. The molecule has 0 heterocycles. The number of hydrogen-bond acceptors (Lipinski definition) is 7. The number of carbonyl (C=O) groups is 2. The third kappa shape index (κ3) is 9.80. The highest BCUT2D eigenvalue weighted by molar-refractivity contribution is 5.73. The van der Waals surface area contributed by atoms with Crippen molar-refractivity contribution in [3.8, 4) is 5.75 Å².